The van der Waals surface area contributed by atoms with E-state index in [1.807, 2.05) is 18.2 Å². The predicted molar refractivity (Wildman–Crippen MR) is 85.1 cm³/mol. The third-order valence-electron chi connectivity index (χ3n) is 3.29. The van der Waals surface area contributed by atoms with Crippen molar-refractivity contribution in [1.29, 1.82) is 0 Å². The molecule has 0 aliphatic heterocycles. The van der Waals surface area contributed by atoms with Crippen LogP contribution in [-0.4, -0.2) is 9.55 Å². The summed E-state index contributed by atoms with van der Waals surface area (Å²) in [6.07, 6.45) is 0. The molecule has 0 bridgehead atoms. The molecule has 0 spiro atoms. The van der Waals surface area contributed by atoms with Gasteiger partial charge in [-0.15, -0.1) is 11.6 Å². The number of alkyl halides is 1. The summed E-state index contributed by atoms with van der Waals surface area (Å²) in [5.41, 5.74) is 5.28. The highest BCUT2D eigenvalue weighted by atomic mass is 35.5. The molecule has 1 aromatic heterocycles. The van der Waals surface area contributed by atoms with Crippen LogP contribution in [0, 0.1) is 13.8 Å². The number of imidazole rings is 1. The number of benzene rings is 2. The smallest absolute Gasteiger partial charge is 0.129 e. The number of hydrogen-bond donors (Lipinski definition) is 0. The molecule has 102 valence electrons. The lowest BCUT2D eigenvalue weighted by Crippen LogP contribution is -2.00. The number of aryl methyl sites for hydroxylation is 2. The standard InChI is InChI=1S/C16H14Cl2N2/c1-10-6-11(2)8-12(7-10)20-14-5-3-4-13(18)16(14)19-15(20)9-17/h3-8H,9H2,1-2H3. The van der Waals surface area contributed by atoms with E-state index in [0.29, 0.717) is 10.9 Å². The fraction of sp³-hybridized carbons (Fsp3) is 0.188. The molecule has 20 heavy (non-hydrogen) atoms. The van der Waals surface area contributed by atoms with Crippen LogP contribution in [0.2, 0.25) is 5.02 Å². The van der Waals surface area contributed by atoms with Crippen molar-refractivity contribution in [3.63, 3.8) is 0 Å². The Morgan fingerprint density at radius 2 is 1.80 bits per heavy atom. The third-order valence-corrected chi connectivity index (χ3v) is 3.83. The molecule has 0 amide bonds. The highest BCUT2D eigenvalue weighted by molar-refractivity contribution is 6.35. The molecular formula is C16H14Cl2N2. The summed E-state index contributed by atoms with van der Waals surface area (Å²) in [5, 5.41) is 0.650. The maximum absolute atomic E-state index is 6.23. The van der Waals surface area contributed by atoms with Gasteiger partial charge in [-0.25, -0.2) is 4.98 Å². The van der Waals surface area contributed by atoms with Crippen molar-refractivity contribution >= 4 is 34.2 Å². The predicted octanol–water partition coefficient (Wildman–Crippen LogP) is 5.03. The number of para-hydroxylation sites is 1. The van der Waals surface area contributed by atoms with Crippen LogP contribution >= 0.6 is 23.2 Å². The largest absolute Gasteiger partial charge is 0.295 e. The second-order valence-electron chi connectivity index (χ2n) is 4.95. The molecule has 0 aliphatic carbocycles. The molecule has 0 unspecified atom stereocenters. The zero-order chi connectivity index (χ0) is 14.3. The quantitative estimate of drug-likeness (QED) is 0.607. The van der Waals surface area contributed by atoms with Crippen LogP contribution in [0.4, 0.5) is 0 Å². The van der Waals surface area contributed by atoms with Gasteiger partial charge in [0.15, 0.2) is 0 Å². The van der Waals surface area contributed by atoms with E-state index >= 15 is 0 Å². The molecule has 0 fully saturated rings. The van der Waals surface area contributed by atoms with Crippen LogP contribution in [0.25, 0.3) is 16.7 Å². The molecule has 3 rings (SSSR count). The van der Waals surface area contributed by atoms with Gasteiger partial charge in [0.1, 0.15) is 11.3 Å². The molecule has 4 heteroatoms. The van der Waals surface area contributed by atoms with E-state index in [0.717, 1.165) is 22.5 Å². The Balaban J connectivity index is 2.37. The number of fused-ring (bicyclic) bond motifs is 1. The Morgan fingerprint density at radius 1 is 1.10 bits per heavy atom. The summed E-state index contributed by atoms with van der Waals surface area (Å²) >= 11 is 12.3. The van der Waals surface area contributed by atoms with Crippen molar-refractivity contribution in [2.24, 2.45) is 0 Å². The van der Waals surface area contributed by atoms with Crippen LogP contribution in [-0.2, 0) is 5.88 Å². The Labute approximate surface area is 128 Å². The SMILES string of the molecule is Cc1cc(C)cc(-n2c(CCl)nc3c(Cl)cccc32)c1. The van der Waals surface area contributed by atoms with Gasteiger partial charge < -0.3 is 0 Å². The van der Waals surface area contributed by atoms with Crippen LogP contribution < -0.4 is 0 Å². The molecule has 2 nitrogen and oxygen atoms in total. The molecule has 0 saturated carbocycles. The van der Waals surface area contributed by atoms with E-state index in [1.54, 1.807) is 0 Å². The summed E-state index contributed by atoms with van der Waals surface area (Å²) in [5.74, 6) is 1.15. The molecule has 0 saturated heterocycles. The second kappa shape index (κ2) is 5.12. The minimum atomic E-state index is 0.345. The summed E-state index contributed by atoms with van der Waals surface area (Å²) in [4.78, 5) is 4.57. The van der Waals surface area contributed by atoms with Crippen LogP contribution in [0.1, 0.15) is 17.0 Å². The highest BCUT2D eigenvalue weighted by Crippen LogP contribution is 2.28. The van der Waals surface area contributed by atoms with Crippen molar-refractivity contribution in [3.8, 4) is 5.69 Å². The van der Waals surface area contributed by atoms with E-state index in [4.69, 9.17) is 23.2 Å². The normalized spacial score (nSPS) is 11.2. The molecule has 2 aromatic carbocycles. The van der Waals surface area contributed by atoms with Crippen molar-refractivity contribution in [3.05, 3.63) is 58.4 Å². The first-order valence-electron chi connectivity index (χ1n) is 6.40. The molecular weight excluding hydrogens is 291 g/mol. The minimum Gasteiger partial charge on any atom is -0.295 e. The van der Waals surface area contributed by atoms with Gasteiger partial charge >= 0.3 is 0 Å². The van der Waals surface area contributed by atoms with Crippen molar-refractivity contribution in [2.45, 2.75) is 19.7 Å². The van der Waals surface area contributed by atoms with Gasteiger partial charge in [0.05, 0.1) is 16.4 Å². The number of nitrogens with zero attached hydrogens (tertiary/aromatic N) is 2. The first-order valence-corrected chi connectivity index (χ1v) is 7.32. The molecule has 0 radical (unpaired) electrons. The lowest BCUT2D eigenvalue weighted by atomic mass is 10.1. The average Bonchev–Trinajstić information content (AvgIpc) is 2.77. The van der Waals surface area contributed by atoms with Crippen molar-refractivity contribution in [2.75, 3.05) is 0 Å². The van der Waals surface area contributed by atoms with Gasteiger partial charge in [0.2, 0.25) is 0 Å². The second-order valence-corrected chi connectivity index (χ2v) is 5.63. The van der Waals surface area contributed by atoms with Gasteiger partial charge in [0.25, 0.3) is 0 Å². The summed E-state index contributed by atoms with van der Waals surface area (Å²) in [6, 6.07) is 12.2. The fourth-order valence-corrected chi connectivity index (χ4v) is 2.96. The maximum atomic E-state index is 6.23. The molecule has 1 heterocycles. The highest BCUT2D eigenvalue weighted by Gasteiger charge is 2.14. The summed E-state index contributed by atoms with van der Waals surface area (Å²) in [7, 11) is 0. The summed E-state index contributed by atoms with van der Waals surface area (Å²) < 4.78 is 2.08. The third kappa shape index (κ3) is 2.19. The first-order chi connectivity index (χ1) is 9.60. The Kier molecular flexibility index (Phi) is 3.45. The Bertz CT molecular complexity index is 770. The topological polar surface area (TPSA) is 17.8 Å². The van der Waals surface area contributed by atoms with Gasteiger partial charge in [-0.2, -0.15) is 0 Å². The van der Waals surface area contributed by atoms with Gasteiger partial charge in [-0.3, -0.25) is 4.57 Å². The Morgan fingerprint density at radius 3 is 2.45 bits per heavy atom. The van der Waals surface area contributed by atoms with Gasteiger partial charge in [-0.1, -0.05) is 23.7 Å². The van der Waals surface area contributed by atoms with Crippen molar-refractivity contribution in [1.82, 2.24) is 9.55 Å². The van der Waals surface area contributed by atoms with Gasteiger partial charge in [-0.05, 0) is 49.2 Å². The van der Waals surface area contributed by atoms with E-state index in [9.17, 15) is 0 Å². The van der Waals surface area contributed by atoms with Crippen LogP contribution in [0.3, 0.4) is 0 Å². The van der Waals surface area contributed by atoms with E-state index in [-0.39, 0.29) is 0 Å². The minimum absolute atomic E-state index is 0.345. The number of hydrogen-bond acceptors (Lipinski definition) is 1. The number of rotatable bonds is 2. The molecule has 3 aromatic rings. The molecule has 0 aliphatic rings. The molecule has 0 N–H and O–H groups in total. The number of halogens is 2. The maximum Gasteiger partial charge on any atom is 0.129 e. The summed E-state index contributed by atoms with van der Waals surface area (Å²) in [6.45, 7) is 4.17. The van der Waals surface area contributed by atoms with E-state index in [2.05, 4.69) is 41.6 Å². The Hall–Kier alpha value is -1.51. The van der Waals surface area contributed by atoms with Crippen molar-refractivity contribution < 1.29 is 0 Å². The first kappa shape index (κ1) is 13.5. The fourth-order valence-electron chi connectivity index (χ4n) is 2.57. The average molecular weight is 305 g/mol. The lowest BCUT2D eigenvalue weighted by molar-refractivity contribution is 0.978. The molecule has 0 atom stereocenters. The van der Waals surface area contributed by atoms with Crippen LogP contribution in [0.5, 0.6) is 0 Å². The van der Waals surface area contributed by atoms with E-state index in [1.165, 1.54) is 11.1 Å². The zero-order valence-corrected chi connectivity index (χ0v) is 12.8. The number of aromatic nitrogens is 2. The monoisotopic (exact) mass is 304 g/mol. The lowest BCUT2D eigenvalue weighted by Gasteiger charge is -2.10. The van der Waals surface area contributed by atoms with E-state index < -0.39 is 0 Å². The van der Waals surface area contributed by atoms with Crippen LogP contribution in [0.15, 0.2) is 36.4 Å². The van der Waals surface area contributed by atoms with Gasteiger partial charge in [0, 0.05) is 5.69 Å². The zero-order valence-electron chi connectivity index (χ0n) is 11.3.